The minimum absolute atomic E-state index is 0.202. The lowest BCUT2D eigenvalue weighted by molar-refractivity contribution is 0.412. The zero-order chi connectivity index (χ0) is 11.5. The number of phenols is 1. The fraction of sp³-hybridized carbons (Fsp3) is 0.455. The third-order valence-electron chi connectivity index (χ3n) is 2.71. The standard InChI is InChI=1S/C11H15ClN2O2/c1-16-9-3-2-8(15)11(10(9)12)14-6-4-13-5-7-14/h2-3,13,15H,4-7H2,1H3. The number of nitrogens with one attached hydrogen (secondary N) is 1. The van der Waals surface area contributed by atoms with E-state index in [-0.39, 0.29) is 5.75 Å². The van der Waals surface area contributed by atoms with Gasteiger partial charge in [0.05, 0.1) is 7.11 Å². The molecule has 1 aliphatic heterocycles. The molecule has 4 nitrogen and oxygen atoms in total. The first-order chi connectivity index (χ1) is 7.74. The van der Waals surface area contributed by atoms with Gasteiger partial charge < -0.3 is 20.1 Å². The van der Waals surface area contributed by atoms with E-state index in [0.717, 1.165) is 26.2 Å². The molecule has 1 heterocycles. The molecule has 0 unspecified atom stereocenters. The molecule has 1 fully saturated rings. The van der Waals surface area contributed by atoms with E-state index in [2.05, 4.69) is 10.2 Å². The summed E-state index contributed by atoms with van der Waals surface area (Å²) in [4.78, 5) is 2.07. The van der Waals surface area contributed by atoms with E-state index in [1.54, 1.807) is 19.2 Å². The summed E-state index contributed by atoms with van der Waals surface area (Å²) >= 11 is 6.20. The van der Waals surface area contributed by atoms with E-state index in [0.29, 0.717) is 16.5 Å². The van der Waals surface area contributed by atoms with Crippen LogP contribution in [0.15, 0.2) is 12.1 Å². The molecular formula is C11H15ClN2O2. The number of benzene rings is 1. The largest absolute Gasteiger partial charge is 0.506 e. The van der Waals surface area contributed by atoms with Crippen molar-refractivity contribution in [2.45, 2.75) is 0 Å². The first-order valence-electron chi connectivity index (χ1n) is 5.25. The van der Waals surface area contributed by atoms with Crippen molar-refractivity contribution in [2.75, 3.05) is 38.2 Å². The highest BCUT2D eigenvalue weighted by Crippen LogP contribution is 2.41. The van der Waals surface area contributed by atoms with Gasteiger partial charge in [-0.05, 0) is 12.1 Å². The molecule has 0 saturated carbocycles. The molecule has 0 spiro atoms. The van der Waals surface area contributed by atoms with Gasteiger partial charge in [-0.3, -0.25) is 0 Å². The van der Waals surface area contributed by atoms with Gasteiger partial charge in [-0.1, -0.05) is 11.6 Å². The maximum Gasteiger partial charge on any atom is 0.140 e. The fourth-order valence-corrected chi connectivity index (χ4v) is 2.24. The van der Waals surface area contributed by atoms with Crippen LogP contribution in [0.25, 0.3) is 0 Å². The van der Waals surface area contributed by atoms with Crippen molar-refractivity contribution in [1.29, 1.82) is 0 Å². The van der Waals surface area contributed by atoms with Crippen LogP contribution in [-0.2, 0) is 0 Å². The van der Waals surface area contributed by atoms with Crippen LogP contribution in [0.3, 0.4) is 0 Å². The number of nitrogens with zero attached hydrogens (tertiary/aromatic N) is 1. The molecule has 0 atom stereocenters. The summed E-state index contributed by atoms with van der Waals surface area (Å²) in [5, 5.41) is 13.6. The summed E-state index contributed by atoms with van der Waals surface area (Å²) < 4.78 is 5.15. The zero-order valence-electron chi connectivity index (χ0n) is 9.16. The molecule has 1 aromatic carbocycles. The molecule has 16 heavy (non-hydrogen) atoms. The molecule has 0 aromatic heterocycles. The summed E-state index contributed by atoms with van der Waals surface area (Å²) in [5.41, 5.74) is 0.669. The number of ether oxygens (including phenoxy) is 1. The van der Waals surface area contributed by atoms with E-state index in [1.807, 2.05) is 0 Å². The van der Waals surface area contributed by atoms with E-state index in [4.69, 9.17) is 16.3 Å². The second-order valence-electron chi connectivity index (χ2n) is 3.69. The Morgan fingerprint density at radius 2 is 2.06 bits per heavy atom. The van der Waals surface area contributed by atoms with Crippen LogP contribution < -0.4 is 15.0 Å². The topological polar surface area (TPSA) is 44.7 Å². The van der Waals surface area contributed by atoms with Crippen molar-refractivity contribution < 1.29 is 9.84 Å². The number of aromatic hydroxyl groups is 1. The predicted octanol–water partition coefficient (Wildman–Crippen LogP) is 1.46. The Balaban J connectivity index is 2.37. The van der Waals surface area contributed by atoms with Gasteiger partial charge in [0.1, 0.15) is 22.2 Å². The highest BCUT2D eigenvalue weighted by Gasteiger charge is 2.19. The van der Waals surface area contributed by atoms with Crippen LogP contribution in [0.4, 0.5) is 5.69 Å². The zero-order valence-corrected chi connectivity index (χ0v) is 9.92. The SMILES string of the molecule is COc1ccc(O)c(N2CCNCC2)c1Cl. The summed E-state index contributed by atoms with van der Waals surface area (Å²) in [7, 11) is 1.57. The number of phenolic OH excluding ortho intramolecular Hbond substituents is 1. The molecule has 0 radical (unpaired) electrons. The van der Waals surface area contributed by atoms with Crippen LogP contribution in [0.1, 0.15) is 0 Å². The fourth-order valence-electron chi connectivity index (χ4n) is 1.88. The monoisotopic (exact) mass is 242 g/mol. The Bertz CT molecular complexity index is 378. The van der Waals surface area contributed by atoms with E-state index >= 15 is 0 Å². The number of piperazine rings is 1. The number of hydrogen-bond acceptors (Lipinski definition) is 4. The van der Waals surface area contributed by atoms with Gasteiger partial charge in [0, 0.05) is 26.2 Å². The first kappa shape index (κ1) is 11.4. The Morgan fingerprint density at radius 3 is 2.69 bits per heavy atom. The average Bonchev–Trinajstić information content (AvgIpc) is 2.31. The molecule has 2 rings (SSSR count). The van der Waals surface area contributed by atoms with Gasteiger partial charge in [0.25, 0.3) is 0 Å². The van der Waals surface area contributed by atoms with E-state index in [1.165, 1.54) is 0 Å². The molecule has 0 amide bonds. The van der Waals surface area contributed by atoms with Crippen molar-refractivity contribution in [2.24, 2.45) is 0 Å². The lowest BCUT2D eigenvalue weighted by Gasteiger charge is -2.30. The van der Waals surface area contributed by atoms with Crippen molar-refractivity contribution in [1.82, 2.24) is 5.32 Å². The molecule has 1 aromatic rings. The van der Waals surface area contributed by atoms with Gasteiger partial charge in [0.15, 0.2) is 0 Å². The Hall–Kier alpha value is -1.13. The number of anilines is 1. The normalized spacial score (nSPS) is 16.2. The van der Waals surface area contributed by atoms with Crippen molar-refractivity contribution in [3.05, 3.63) is 17.2 Å². The van der Waals surface area contributed by atoms with Crippen molar-refractivity contribution >= 4 is 17.3 Å². The minimum atomic E-state index is 0.202. The van der Waals surface area contributed by atoms with Crippen LogP contribution in [0.2, 0.25) is 5.02 Å². The minimum Gasteiger partial charge on any atom is -0.506 e. The van der Waals surface area contributed by atoms with Gasteiger partial charge in [-0.25, -0.2) is 0 Å². The lowest BCUT2D eigenvalue weighted by Crippen LogP contribution is -2.43. The molecule has 2 N–H and O–H groups in total. The summed E-state index contributed by atoms with van der Waals surface area (Å²) in [5.74, 6) is 0.792. The number of rotatable bonds is 2. The second kappa shape index (κ2) is 4.80. The maximum atomic E-state index is 9.86. The van der Waals surface area contributed by atoms with Gasteiger partial charge in [-0.2, -0.15) is 0 Å². The van der Waals surface area contributed by atoms with Gasteiger partial charge in [-0.15, -0.1) is 0 Å². The number of halogens is 1. The van der Waals surface area contributed by atoms with Gasteiger partial charge >= 0.3 is 0 Å². The lowest BCUT2D eigenvalue weighted by atomic mass is 10.2. The molecule has 5 heteroatoms. The number of methoxy groups -OCH3 is 1. The van der Waals surface area contributed by atoms with Crippen LogP contribution >= 0.6 is 11.6 Å². The molecule has 0 aliphatic carbocycles. The highest BCUT2D eigenvalue weighted by atomic mass is 35.5. The smallest absolute Gasteiger partial charge is 0.140 e. The van der Waals surface area contributed by atoms with Crippen molar-refractivity contribution in [3.8, 4) is 11.5 Å². The molecular weight excluding hydrogens is 228 g/mol. The Kier molecular flexibility index (Phi) is 3.41. The molecule has 0 bridgehead atoms. The summed E-state index contributed by atoms with van der Waals surface area (Å²) in [6.07, 6.45) is 0. The average molecular weight is 243 g/mol. The third-order valence-corrected chi connectivity index (χ3v) is 3.08. The summed E-state index contributed by atoms with van der Waals surface area (Å²) in [6, 6.07) is 3.28. The second-order valence-corrected chi connectivity index (χ2v) is 4.06. The maximum absolute atomic E-state index is 9.86. The molecule has 88 valence electrons. The molecule has 1 saturated heterocycles. The van der Waals surface area contributed by atoms with E-state index < -0.39 is 0 Å². The highest BCUT2D eigenvalue weighted by molar-refractivity contribution is 6.35. The van der Waals surface area contributed by atoms with Crippen LogP contribution in [0.5, 0.6) is 11.5 Å². The first-order valence-corrected chi connectivity index (χ1v) is 5.63. The Labute approximate surface area is 99.8 Å². The third kappa shape index (κ3) is 2.03. The van der Waals surface area contributed by atoms with Crippen LogP contribution in [-0.4, -0.2) is 38.4 Å². The predicted molar refractivity (Wildman–Crippen MR) is 64.8 cm³/mol. The van der Waals surface area contributed by atoms with Gasteiger partial charge in [0.2, 0.25) is 0 Å². The van der Waals surface area contributed by atoms with Crippen LogP contribution in [0, 0.1) is 0 Å². The quantitative estimate of drug-likeness (QED) is 0.824. The number of hydrogen-bond donors (Lipinski definition) is 2. The molecule has 1 aliphatic rings. The van der Waals surface area contributed by atoms with E-state index in [9.17, 15) is 5.11 Å². The Morgan fingerprint density at radius 1 is 1.38 bits per heavy atom. The van der Waals surface area contributed by atoms with Crippen molar-refractivity contribution in [3.63, 3.8) is 0 Å². The summed E-state index contributed by atoms with van der Waals surface area (Å²) in [6.45, 7) is 3.46.